The van der Waals surface area contributed by atoms with Gasteiger partial charge in [-0.2, -0.15) is 0 Å². The Hall–Kier alpha value is -2.10. The van der Waals surface area contributed by atoms with Crippen LogP contribution in [0, 0.1) is 0 Å². The lowest BCUT2D eigenvalue weighted by Gasteiger charge is -2.20. The van der Waals surface area contributed by atoms with E-state index in [9.17, 15) is 19.8 Å². The summed E-state index contributed by atoms with van der Waals surface area (Å²) >= 11 is 6.18. The zero-order valence-electron chi connectivity index (χ0n) is 19.4. The fourth-order valence-corrected chi connectivity index (χ4v) is 4.82. The number of carbonyl (C=O) groups excluding carboxylic acids is 1. The minimum absolute atomic E-state index is 0.0550. The van der Waals surface area contributed by atoms with Crippen LogP contribution in [0.15, 0.2) is 23.1 Å². The molecule has 7 nitrogen and oxygen atoms in total. The molecular formula is C24H33NO6S2. The highest BCUT2D eigenvalue weighted by Crippen LogP contribution is 2.36. The maximum atomic E-state index is 12.7. The molecule has 1 aromatic rings. The molecule has 2 rings (SSSR count). The van der Waals surface area contributed by atoms with Gasteiger partial charge in [0.1, 0.15) is 4.32 Å². The highest BCUT2D eigenvalue weighted by molar-refractivity contribution is 8.26. The Morgan fingerprint density at radius 2 is 1.94 bits per heavy atom. The largest absolute Gasteiger partial charge is 0.490 e. The SMILES string of the molecule is CCCCCCC[C@H](C)Oc1ccc(/C=C2/SC(=S)N([C@H](CO)C(=O)O)C2=O)cc1OCC. The lowest BCUT2D eigenvalue weighted by molar-refractivity contribution is -0.146. The first-order chi connectivity index (χ1) is 15.8. The van der Waals surface area contributed by atoms with Gasteiger partial charge in [-0.15, -0.1) is 0 Å². The number of hydrogen-bond acceptors (Lipinski definition) is 7. The van der Waals surface area contributed by atoms with Gasteiger partial charge in [-0.05, 0) is 50.5 Å². The van der Waals surface area contributed by atoms with Gasteiger partial charge in [0.2, 0.25) is 0 Å². The van der Waals surface area contributed by atoms with E-state index >= 15 is 0 Å². The van der Waals surface area contributed by atoms with Gasteiger partial charge in [-0.25, -0.2) is 4.79 Å². The summed E-state index contributed by atoms with van der Waals surface area (Å²) in [5.41, 5.74) is 0.703. The number of ether oxygens (including phenoxy) is 2. The second-order valence-corrected chi connectivity index (χ2v) is 9.53. The van der Waals surface area contributed by atoms with Crippen molar-refractivity contribution in [2.24, 2.45) is 0 Å². The molecule has 0 aliphatic carbocycles. The average molecular weight is 496 g/mol. The first kappa shape index (κ1) is 27.1. The fourth-order valence-electron chi connectivity index (χ4n) is 3.46. The van der Waals surface area contributed by atoms with E-state index in [0.29, 0.717) is 23.7 Å². The number of carbonyl (C=O) groups is 2. The summed E-state index contributed by atoms with van der Waals surface area (Å²) in [7, 11) is 0. The predicted octanol–water partition coefficient (Wildman–Crippen LogP) is 4.86. The van der Waals surface area contributed by atoms with Crippen molar-refractivity contribution in [3.05, 3.63) is 28.7 Å². The minimum Gasteiger partial charge on any atom is -0.490 e. The van der Waals surface area contributed by atoms with Crippen molar-refractivity contribution in [1.82, 2.24) is 4.90 Å². The Kier molecular flexibility index (Phi) is 11.2. The second-order valence-electron chi connectivity index (χ2n) is 7.86. The molecule has 1 fully saturated rings. The summed E-state index contributed by atoms with van der Waals surface area (Å²) in [5, 5.41) is 18.6. The van der Waals surface area contributed by atoms with Crippen LogP contribution in [-0.4, -0.2) is 56.7 Å². The molecule has 0 aromatic heterocycles. The van der Waals surface area contributed by atoms with Crippen molar-refractivity contribution in [3.8, 4) is 11.5 Å². The van der Waals surface area contributed by atoms with E-state index in [1.807, 2.05) is 19.1 Å². The smallest absolute Gasteiger partial charge is 0.329 e. The van der Waals surface area contributed by atoms with Crippen LogP contribution in [0.5, 0.6) is 11.5 Å². The van der Waals surface area contributed by atoms with Crippen LogP contribution in [0.3, 0.4) is 0 Å². The number of carboxylic acids is 1. The van der Waals surface area contributed by atoms with Gasteiger partial charge in [0.05, 0.1) is 24.2 Å². The van der Waals surface area contributed by atoms with E-state index in [0.717, 1.165) is 29.5 Å². The summed E-state index contributed by atoms with van der Waals surface area (Å²) in [4.78, 5) is 25.3. The minimum atomic E-state index is -1.40. The standard InChI is InChI=1S/C24H33NO6S2/c1-4-6-7-8-9-10-16(3)31-19-12-11-17(13-20(19)30-5-2)14-21-22(27)25(24(32)33-21)18(15-26)23(28)29/h11-14,16,18,26H,4-10,15H2,1-3H3,(H,28,29)/b21-14+/t16-,18+/m0/s1. The van der Waals surface area contributed by atoms with Gasteiger partial charge in [0, 0.05) is 0 Å². The first-order valence-electron chi connectivity index (χ1n) is 11.4. The lowest BCUT2D eigenvalue weighted by Crippen LogP contribution is -2.46. The molecule has 0 bridgehead atoms. The number of thiocarbonyl (C=S) groups is 1. The highest BCUT2D eigenvalue weighted by atomic mass is 32.2. The number of hydrogen-bond donors (Lipinski definition) is 2. The van der Waals surface area contributed by atoms with Crippen molar-refractivity contribution < 1.29 is 29.3 Å². The third kappa shape index (κ3) is 7.72. The van der Waals surface area contributed by atoms with Crippen LogP contribution in [0.2, 0.25) is 0 Å². The van der Waals surface area contributed by atoms with Gasteiger partial charge < -0.3 is 19.7 Å². The number of carboxylic acid groups (broad SMARTS) is 1. The maximum Gasteiger partial charge on any atom is 0.329 e. The average Bonchev–Trinajstić information content (AvgIpc) is 3.03. The molecule has 1 aromatic carbocycles. The molecule has 0 radical (unpaired) electrons. The Labute approximate surface area is 205 Å². The number of amides is 1. The van der Waals surface area contributed by atoms with E-state index in [-0.39, 0.29) is 15.3 Å². The van der Waals surface area contributed by atoms with Crippen LogP contribution in [-0.2, 0) is 9.59 Å². The van der Waals surface area contributed by atoms with E-state index in [2.05, 4.69) is 13.8 Å². The van der Waals surface area contributed by atoms with Crippen molar-refractivity contribution in [2.45, 2.75) is 71.4 Å². The second kappa shape index (κ2) is 13.6. The number of aliphatic carboxylic acids is 1. The Bertz CT molecular complexity index is 873. The topological polar surface area (TPSA) is 96.3 Å². The Balaban J connectivity index is 2.13. The van der Waals surface area contributed by atoms with Crippen molar-refractivity contribution >= 4 is 46.3 Å². The van der Waals surface area contributed by atoms with Gasteiger partial charge in [-0.1, -0.05) is 62.7 Å². The van der Waals surface area contributed by atoms with E-state index in [1.165, 1.54) is 25.7 Å². The molecule has 1 aliphatic heterocycles. The molecule has 2 atom stereocenters. The molecular weight excluding hydrogens is 462 g/mol. The molecule has 1 aliphatic rings. The third-order valence-electron chi connectivity index (χ3n) is 5.20. The Morgan fingerprint density at radius 1 is 1.21 bits per heavy atom. The molecule has 0 spiro atoms. The van der Waals surface area contributed by atoms with Crippen LogP contribution in [0.25, 0.3) is 6.08 Å². The molecule has 9 heteroatoms. The summed E-state index contributed by atoms with van der Waals surface area (Å²) in [6, 6.07) is 4.03. The summed E-state index contributed by atoms with van der Waals surface area (Å²) in [6.07, 6.45) is 8.72. The molecule has 0 saturated carbocycles. The quantitative estimate of drug-likeness (QED) is 0.215. The number of nitrogens with zero attached hydrogens (tertiary/aromatic N) is 1. The third-order valence-corrected chi connectivity index (χ3v) is 6.53. The fraction of sp³-hybridized carbons (Fsp3) is 0.542. The van der Waals surface area contributed by atoms with Gasteiger partial charge in [0.25, 0.3) is 5.91 Å². The van der Waals surface area contributed by atoms with Crippen molar-refractivity contribution in [2.75, 3.05) is 13.2 Å². The van der Waals surface area contributed by atoms with Crippen molar-refractivity contribution in [1.29, 1.82) is 0 Å². The lowest BCUT2D eigenvalue weighted by atomic mass is 10.1. The van der Waals surface area contributed by atoms with E-state index < -0.39 is 24.5 Å². The molecule has 1 heterocycles. The van der Waals surface area contributed by atoms with Crippen LogP contribution >= 0.6 is 24.0 Å². The zero-order valence-corrected chi connectivity index (χ0v) is 21.0. The van der Waals surface area contributed by atoms with Gasteiger partial charge in [0.15, 0.2) is 17.5 Å². The molecule has 0 unspecified atom stereocenters. The van der Waals surface area contributed by atoms with E-state index in [1.54, 1.807) is 12.1 Å². The number of rotatable bonds is 14. The highest BCUT2D eigenvalue weighted by Gasteiger charge is 2.40. The van der Waals surface area contributed by atoms with Crippen molar-refractivity contribution in [3.63, 3.8) is 0 Å². The van der Waals surface area contributed by atoms with Crippen LogP contribution in [0.1, 0.15) is 64.9 Å². The van der Waals surface area contributed by atoms with E-state index in [4.69, 9.17) is 21.7 Å². The number of thioether (sulfide) groups is 1. The molecule has 33 heavy (non-hydrogen) atoms. The maximum absolute atomic E-state index is 12.7. The number of unbranched alkanes of at least 4 members (excludes halogenated alkanes) is 4. The monoisotopic (exact) mass is 495 g/mol. The molecule has 2 N–H and O–H groups in total. The summed E-state index contributed by atoms with van der Waals surface area (Å²) in [5.74, 6) is -0.622. The normalized spacial score (nSPS) is 16.8. The summed E-state index contributed by atoms with van der Waals surface area (Å²) in [6.45, 7) is 5.89. The predicted molar refractivity (Wildman–Crippen MR) is 135 cm³/mol. The molecule has 182 valence electrons. The zero-order chi connectivity index (χ0) is 24.4. The Morgan fingerprint density at radius 3 is 2.58 bits per heavy atom. The van der Waals surface area contributed by atoms with Gasteiger partial charge in [-0.3, -0.25) is 9.69 Å². The summed E-state index contributed by atoms with van der Waals surface area (Å²) < 4.78 is 12.0. The number of aliphatic hydroxyl groups is 1. The van der Waals surface area contributed by atoms with Crippen LogP contribution < -0.4 is 9.47 Å². The molecule has 1 saturated heterocycles. The first-order valence-corrected chi connectivity index (χ1v) is 12.6. The van der Waals surface area contributed by atoms with Crippen LogP contribution in [0.4, 0.5) is 0 Å². The number of benzene rings is 1. The van der Waals surface area contributed by atoms with Gasteiger partial charge >= 0.3 is 5.97 Å². The molecule has 1 amide bonds. The number of aliphatic hydroxyl groups excluding tert-OH is 1.